The van der Waals surface area contributed by atoms with Crippen LogP contribution in [0.3, 0.4) is 0 Å². The fourth-order valence-corrected chi connectivity index (χ4v) is 3.55. The van der Waals surface area contributed by atoms with Gasteiger partial charge >= 0.3 is 6.09 Å². The van der Waals surface area contributed by atoms with E-state index in [4.69, 9.17) is 10.5 Å². The highest BCUT2D eigenvalue weighted by Gasteiger charge is 2.25. The molecule has 9 nitrogen and oxygen atoms in total. The number of hydrogen-bond donors (Lipinski definition) is 4. The number of anilines is 1. The van der Waals surface area contributed by atoms with Gasteiger partial charge in [-0.3, -0.25) is 14.6 Å². The van der Waals surface area contributed by atoms with Crippen molar-refractivity contribution in [2.75, 3.05) is 11.9 Å². The fraction of sp³-hybridized carbons (Fsp3) is 0.524. The second-order valence-corrected chi connectivity index (χ2v) is 9.36. The maximum absolute atomic E-state index is 12.6. The summed E-state index contributed by atoms with van der Waals surface area (Å²) in [4.78, 5) is 40.8. The van der Waals surface area contributed by atoms with Gasteiger partial charge in [0.25, 0.3) is 5.91 Å². The number of unbranched alkanes of at least 4 members (excludes halogenated alkanes) is 1. The minimum absolute atomic E-state index is 0.0694. The molecule has 10 heteroatoms. The van der Waals surface area contributed by atoms with E-state index in [0.717, 1.165) is 0 Å². The van der Waals surface area contributed by atoms with Crippen LogP contribution >= 0.6 is 11.8 Å². The molecule has 0 bridgehead atoms. The molecule has 2 unspecified atom stereocenters. The molecule has 31 heavy (non-hydrogen) atoms. The standard InChI is InChI=1S/C21H31N5O4S/c1-13-17(22)31-19(24-13)26-18(28)14-9-5-6-10-15(14)25-16(27)11-7-8-12-23-20(29)30-21(2,3)4/h5-6,9-10,13,17H,7-8,11-12,22H2,1-4H3,(H,23,29)(H,25,27)(H,24,26,28). The van der Waals surface area contributed by atoms with E-state index in [1.54, 1.807) is 45.0 Å². The Hall–Kier alpha value is -2.59. The molecule has 0 saturated heterocycles. The Bertz CT molecular complexity index is 837. The van der Waals surface area contributed by atoms with E-state index in [9.17, 15) is 14.4 Å². The number of nitrogens with zero attached hydrogens (tertiary/aromatic N) is 1. The smallest absolute Gasteiger partial charge is 0.407 e. The molecular weight excluding hydrogens is 418 g/mol. The van der Waals surface area contributed by atoms with Crippen molar-refractivity contribution in [3.63, 3.8) is 0 Å². The zero-order valence-electron chi connectivity index (χ0n) is 18.4. The Morgan fingerprint density at radius 3 is 2.52 bits per heavy atom. The van der Waals surface area contributed by atoms with Gasteiger partial charge in [0.1, 0.15) is 5.60 Å². The summed E-state index contributed by atoms with van der Waals surface area (Å²) in [6.45, 7) is 7.69. The van der Waals surface area contributed by atoms with Crippen LogP contribution in [-0.4, -0.2) is 46.6 Å². The lowest BCUT2D eigenvalue weighted by Gasteiger charge is -2.19. The lowest BCUT2D eigenvalue weighted by Crippen LogP contribution is -2.33. The van der Waals surface area contributed by atoms with Gasteiger partial charge in [-0.05, 0) is 52.7 Å². The molecule has 0 aromatic heterocycles. The maximum atomic E-state index is 12.6. The first-order valence-electron chi connectivity index (χ1n) is 10.2. The van der Waals surface area contributed by atoms with E-state index in [1.165, 1.54) is 11.8 Å². The highest BCUT2D eigenvalue weighted by Crippen LogP contribution is 2.22. The molecular formula is C21H31N5O4S. The number of nitrogens with one attached hydrogen (secondary N) is 3. The van der Waals surface area contributed by atoms with Crippen LogP contribution in [0.25, 0.3) is 0 Å². The summed E-state index contributed by atoms with van der Waals surface area (Å²) in [5.41, 5.74) is 6.13. The SMILES string of the molecule is CC1N=C(NC(=O)c2ccccc2NC(=O)CCCCNC(=O)OC(C)(C)C)SC1N. The minimum Gasteiger partial charge on any atom is -0.444 e. The van der Waals surface area contributed by atoms with Crippen molar-refractivity contribution in [2.24, 2.45) is 10.7 Å². The highest BCUT2D eigenvalue weighted by atomic mass is 32.2. The van der Waals surface area contributed by atoms with Crippen LogP contribution in [0.1, 0.15) is 57.3 Å². The number of carbonyl (C=O) groups excluding carboxylic acids is 3. The van der Waals surface area contributed by atoms with Crippen molar-refractivity contribution in [2.45, 2.75) is 64.0 Å². The van der Waals surface area contributed by atoms with E-state index in [2.05, 4.69) is 20.9 Å². The predicted octanol–water partition coefficient (Wildman–Crippen LogP) is 2.83. The van der Waals surface area contributed by atoms with Crippen LogP contribution in [-0.2, 0) is 9.53 Å². The van der Waals surface area contributed by atoms with Gasteiger partial charge in [0.05, 0.1) is 22.7 Å². The molecule has 2 rings (SSSR count). The van der Waals surface area contributed by atoms with Gasteiger partial charge in [-0.2, -0.15) is 0 Å². The third kappa shape index (κ3) is 8.58. The first-order valence-corrected chi connectivity index (χ1v) is 11.1. The molecule has 1 aromatic carbocycles. The van der Waals surface area contributed by atoms with Crippen LogP contribution in [0.2, 0.25) is 0 Å². The van der Waals surface area contributed by atoms with E-state index in [1.807, 2.05) is 6.92 Å². The molecule has 0 aliphatic carbocycles. The van der Waals surface area contributed by atoms with Crippen LogP contribution in [0.15, 0.2) is 29.3 Å². The lowest BCUT2D eigenvalue weighted by molar-refractivity contribution is -0.116. The van der Waals surface area contributed by atoms with Crippen LogP contribution in [0, 0.1) is 0 Å². The van der Waals surface area contributed by atoms with Crippen molar-refractivity contribution in [3.8, 4) is 0 Å². The monoisotopic (exact) mass is 449 g/mol. The average molecular weight is 450 g/mol. The average Bonchev–Trinajstić information content (AvgIpc) is 2.97. The molecule has 0 fully saturated rings. The molecule has 5 N–H and O–H groups in total. The van der Waals surface area contributed by atoms with Crippen molar-refractivity contribution < 1.29 is 19.1 Å². The predicted molar refractivity (Wildman–Crippen MR) is 123 cm³/mol. The molecule has 0 radical (unpaired) electrons. The summed E-state index contributed by atoms with van der Waals surface area (Å²) in [5, 5.41) is 8.48. The number of alkyl carbamates (subject to hydrolysis) is 1. The Labute approximate surface area is 187 Å². The highest BCUT2D eigenvalue weighted by molar-refractivity contribution is 8.14. The molecule has 1 aliphatic rings. The lowest BCUT2D eigenvalue weighted by atomic mass is 10.1. The van der Waals surface area contributed by atoms with Gasteiger partial charge in [-0.25, -0.2) is 4.79 Å². The Morgan fingerprint density at radius 2 is 1.87 bits per heavy atom. The number of amides is 3. The van der Waals surface area contributed by atoms with Gasteiger partial charge in [0.15, 0.2) is 5.17 Å². The molecule has 1 aromatic rings. The summed E-state index contributed by atoms with van der Waals surface area (Å²) in [6.07, 6.45) is 1.00. The number of para-hydroxylation sites is 1. The summed E-state index contributed by atoms with van der Waals surface area (Å²) < 4.78 is 5.16. The molecule has 1 aliphatic heterocycles. The molecule has 0 saturated carbocycles. The third-order valence-corrected chi connectivity index (χ3v) is 5.31. The van der Waals surface area contributed by atoms with Gasteiger partial charge in [-0.15, -0.1) is 0 Å². The fourth-order valence-electron chi connectivity index (χ4n) is 2.66. The Morgan fingerprint density at radius 1 is 1.16 bits per heavy atom. The van der Waals surface area contributed by atoms with Crippen molar-refractivity contribution >= 4 is 40.5 Å². The van der Waals surface area contributed by atoms with E-state index in [-0.39, 0.29) is 29.7 Å². The summed E-state index contributed by atoms with van der Waals surface area (Å²) in [7, 11) is 0. The van der Waals surface area contributed by atoms with E-state index in [0.29, 0.717) is 35.8 Å². The van der Waals surface area contributed by atoms with Gasteiger partial charge in [0, 0.05) is 13.0 Å². The number of ether oxygens (including phenoxy) is 1. The molecule has 3 amide bonds. The van der Waals surface area contributed by atoms with Gasteiger partial charge < -0.3 is 26.4 Å². The minimum atomic E-state index is -0.545. The number of thioether (sulfide) groups is 1. The second-order valence-electron chi connectivity index (χ2n) is 8.19. The van der Waals surface area contributed by atoms with Crippen molar-refractivity contribution in [1.29, 1.82) is 0 Å². The largest absolute Gasteiger partial charge is 0.444 e. The zero-order valence-corrected chi connectivity index (χ0v) is 19.2. The molecule has 1 heterocycles. The topological polar surface area (TPSA) is 135 Å². The number of rotatable bonds is 7. The van der Waals surface area contributed by atoms with Crippen molar-refractivity contribution in [3.05, 3.63) is 29.8 Å². The van der Waals surface area contributed by atoms with Crippen molar-refractivity contribution in [1.82, 2.24) is 10.6 Å². The van der Waals surface area contributed by atoms with Crippen LogP contribution < -0.4 is 21.7 Å². The normalized spacial score (nSPS) is 18.2. The molecule has 170 valence electrons. The molecule has 0 spiro atoms. The summed E-state index contributed by atoms with van der Waals surface area (Å²) >= 11 is 1.31. The Balaban J connectivity index is 1.79. The first kappa shape index (κ1) is 24.7. The third-order valence-electron chi connectivity index (χ3n) is 4.21. The number of aliphatic imine (C=N–C) groups is 1. The van der Waals surface area contributed by atoms with Crippen LogP contribution in [0.5, 0.6) is 0 Å². The van der Waals surface area contributed by atoms with Crippen LogP contribution in [0.4, 0.5) is 10.5 Å². The number of benzene rings is 1. The van der Waals surface area contributed by atoms with Gasteiger partial charge in [0.2, 0.25) is 5.91 Å². The Kier molecular flexibility index (Phi) is 8.88. The van der Waals surface area contributed by atoms with Gasteiger partial charge in [-0.1, -0.05) is 23.9 Å². The number of carbonyl (C=O) groups is 3. The summed E-state index contributed by atoms with van der Waals surface area (Å²) in [6, 6.07) is 6.72. The summed E-state index contributed by atoms with van der Waals surface area (Å²) in [5.74, 6) is -0.564. The van der Waals surface area contributed by atoms with E-state index >= 15 is 0 Å². The molecule has 2 atom stereocenters. The number of nitrogens with two attached hydrogens (primary N) is 1. The number of hydrogen-bond acceptors (Lipinski definition) is 7. The quantitative estimate of drug-likeness (QED) is 0.473. The zero-order chi connectivity index (χ0) is 23.0. The second kappa shape index (κ2) is 11.1. The number of amidine groups is 1. The maximum Gasteiger partial charge on any atom is 0.407 e. The first-order chi connectivity index (χ1) is 14.5. The van der Waals surface area contributed by atoms with E-state index < -0.39 is 11.7 Å².